The van der Waals surface area contributed by atoms with Crippen LogP contribution in [0.1, 0.15) is 38.3 Å². The number of allylic oxidation sites excluding steroid dienone is 1. The molecule has 2 aromatic rings. The summed E-state index contributed by atoms with van der Waals surface area (Å²) in [5.74, 6) is 0.434. The zero-order valence-electron chi connectivity index (χ0n) is 14.8. The number of benzene rings is 2. The smallest absolute Gasteiger partial charge is 0.227 e. The van der Waals surface area contributed by atoms with Crippen LogP contribution < -0.4 is 22.7 Å². The minimum absolute atomic E-state index is 0. The van der Waals surface area contributed by atoms with E-state index in [0.29, 0.717) is 17.2 Å². The van der Waals surface area contributed by atoms with Crippen LogP contribution in [0.4, 0.5) is 11.4 Å². The van der Waals surface area contributed by atoms with E-state index in [9.17, 15) is 5.11 Å². The predicted molar refractivity (Wildman–Crippen MR) is 103 cm³/mol. The monoisotopic (exact) mass is 388 g/mol. The summed E-state index contributed by atoms with van der Waals surface area (Å²) in [5.41, 5.74) is 5.00. The molecule has 1 heterocycles. The Morgan fingerprint density at radius 2 is 1.77 bits per heavy atom. The minimum atomic E-state index is -0.184. The Morgan fingerprint density at radius 1 is 1.08 bits per heavy atom. The van der Waals surface area contributed by atoms with Gasteiger partial charge < -0.3 is 22.8 Å². The molecule has 1 aliphatic heterocycles. The molecule has 0 aromatic heterocycles. The highest BCUT2D eigenvalue weighted by Gasteiger charge is 2.41. The number of hydrogen-bond acceptors (Lipinski definition) is 2. The van der Waals surface area contributed by atoms with Crippen molar-refractivity contribution in [3.8, 4) is 0 Å². The van der Waals surface area contributed by atoms with E-state index in [0.717, 1.165) is 34.6 Å². The molecule has 2 aromatic carbocycles. The quantitative estimate of drug-likeness (QED) is 0.689. The van der Waals surface area contributed by atoms with E-state index in [4.69, 9.17) is 11.6 Å². The highest BCUT2D eigenvalue weighted by Crippen LogP contribution is 2.43. The van der Waals surface area contributed by atoms with E-state index >= 15 is 0 Å². The minimum Gasteiger partial charge on any atom is -1.00 e. The number of fused-ring (bicyclic) bond motifs is 2. The van der Waals surface area contributed by atoms with E-state index in [1.54, 1.807) is 0 Å². The molecular formula is C21H22Cl2N2O. The third-order valence-electron chi connectivity index (χ3n) is 4.95. The molecular weight excluding hydrogens is 367 g/mol. The molecule has 0 radical (unpaired) electrons. The summed E-state index contributed by atoms with van der Waals surface area (Å²) in [6.45, 7) is 4.37. The highest BCUT2D eigenvalue weighted by molar-refractivity contribution is 6.31. The van der Waals surface area contributed by atoms with Gasteiger partial charge in [-0.15, -0.1) is 0 Å². The molecule has 1 aliphatic carbocycles. The number of aliphatic hydroxyl groups excluding tert-OH is 1. The largest absolute Gasteiger partial charge is 1.00 e. The van der Waals surface area contributed by atoms with Crippen molar-refractivity contribution in [1.82, 2.24) is 0 Å². The maximum atomic E-state index is 10.9. The highest BCUT2D eigenvalue weighted by atomic mass is 35.5. The van der Waals surface area contributed by atoms with E-state index in [-0.39, 0.29) is 23.9 Å². The van der Waals surface area contributed by atoms with E-state index in [1.807, 2.05) is 42.5 Å². The van der Waals surface area contributed by atoms with Crippen molar-refractivity contribution in [2.24, 2.45) is 5.41 Å². The van der Waals surface area contributed by atoms with Crippen LogP contribution in [0.2, 0.25) is 5.02 Å². The Bertz CT molecular complexity index is 902. The molecule has 0 spiro atoms. The molecule has 3 N–H and O–H groups in total. The first kappa shape index (κ1) is 18.8. The van der Waals surface area contributed by atoms with Crippen LogP contribution >= 0.6 is 11.6 Å². The van der Waals surface area contributed by atoms with E-state index in [2.05, 4.69) is 30.2 Å². The molecule has 136 valence electrons. The summed E-state index contributed by atoms with van der Waals surface area (Å²) in [5, 5.41) is 15.2. The van der Waals surface area contributed by atoms with Crippen LogP contribution in [-0.4, -0.2) is 10.8 Å². The van der Waals surface area contributed by atoms with Gasteiger partial charge in [-0.25, -0.2) is 4.99 Å². The summed E-state index contributed by atoms with van der Waals surface area (Å²) >= 11 is 6.50. The lowest BCUT2D eigenvalue weighted by molar-refractivity contribution is -0.354. The van der Waals surface area contributed by atoms with Gasteiger partial charge >= 0.3 is 0 Å². The molecule has 4 rings (SSSR count). The Hall–Kier alpha value is -1.97. The zero-order chi connectivity index (χ0) is 17.6. The van der Waals surface area contributed by atoms with Gasteiger partial charge in [0.15, 0.2) is 5.71 Å². The zero-order valence-corrected chi connectivity index (χ0v) is 16.3. The van der Waals surface area contributed by atoms with Gasteiger partial charge in [-0.05, 0) is 23.1 Å². The van der Waals surface area contributed by atoms with Crippen LogP contribution in [-0.2, 0) is 0 Å². The Balaban J connectivity index is 0.00000196. The fourth-order valence-electron chi connectivity index (χ4n) is 3.86. The van der Waals surface area contributed by atoms with Crippen LogP contribution in [0.5, 0.6) is 0 Å². The van der Waals surface area contributed by atoms with Crippen molar-refractivity contribution in [1.29, 1.82) is 0 Å². The van der Waals surface area contributed by atoms with Crippen molar-refractivity contribution in [2.45, 2.75) is 32.7 Å². The Labute approximate surface area is 165 Å². The lowest BCUT2D eigenvalue weighted by atomic mass is 9.74. The van der Waals surface area contributed by atoms with Crippen LogP contribution in [0.15, 0.2) is 59.9 Å². The van der Waals surface area contributed by atoms with Crippen LogP contribution in [0.25, 0.3) is 0 Å². The van der Waals surface area contributed by atoms with Crippen molar-refractivity contribution in [3.05, 3.63) is 70.4 Å². The summed E-state index contributed by atoms with van der Waals surface area (Å²) < 4.78 is 0. The predicted octanol–water partition coefficient (Wildman–Crippen LogP) is 1.30. The molecule has 0 fully saturated rings. The summed E-state index contributed by atoms with van der Waals surface area (Å²) in [6, 6.07) is 15.8. The molecule has 2 aliphatic rings. The molecule has 3 nitrogen and oxygen atoms in total. The number of aliphatic hydroxyl groups is 1. The molecule has 1 atom stereocenters. The molecule has 5 heteroatoms. The average Bonchev–Trinajstić information content (AvgIpc) is 2.70. The Morgan fingerprint density at radius 3 is 2.54 bits per heavy atom. The maximum Gasteiger partial charge on any atom is 0.227 e. The number of rotatable bonds is 1. The first-order chi connectivity index (χ1) is 11.9. The maximum absolute atomic E-state index is 10.9. The van der Waals surface area contributed by atoms with Gasteiger partial charge in [0, 0.05) is 23.9 Å². The van der Waals surface area contributed by atoms with E-state index in [1.165, 1.54) is 0 Å². The average molecular weight is 389 g/mol. The SMILES string of the molecule is CC1(C)CC2=[NH+]c3ccccc3NC(c3ccccc3Cl)C2=C(O)C1.[Cl-]. The van der Waals surface area contributed by atoms with Gasteiger partial charge in [0.25, 0.3) is 0 Å². The lowest BCUT2D eigenvalue weighted by Crippen LogP contribution is -3.00. The number of hydrogen-bond donors (Lipinski definition) is 3. The fourth-order valence-corrected chi connectivity index (χ4v) is 4.11. The van der Waals surface area contributed by atoms with Gasteiger partial charge in [-0.3, -0.25) is 0 Å². The lowest BCUT2D eigenvalue weighted by Gasteiger charge is -2.32. The van der Waals surface area contributed by atoms with Crippen molar-refractivity contribution < 1.29 is 22.5 Å². The number of nitrogens with one attached hydrogen (secondary N) is 2. The molecule has 0 amide bonds. The second-order valence-corrected chi connectivity index (χ2v) is 8.03. The molecule has 0 saturated carbocycles. The van der Waals surface area contributed by atoms with Gasteiger partial charge in [-0.2, -0.15) is 0 Å². The van der Waals surface area contributed by atoms with Crippen LogP contribution in [0, 0.1) is 5.41 Å². The van der Waals surface area contributed by atoms with Gasteiger partial charge in [-0.1, -0.05) is 55.8 Å². The van der Waals surface area contributed by atoms with Gasteiger partial charge in [0.05, 0.1) is 11.6 Å². The first-order valence-electron chi connectivity index (χ1n) is 8.60. The van der Waals surface area contributed by atoms with Crippen LogP contribution in [0.3, 0.4) is 0 Å². The summed E-state index contributed by atoms with van der Waals surface area (Å²) in [6.07, 6.45) is 1.54. The van der Waals surface area contributed by atoms with Crippen molar-refractivity contribution in [3.63, 3.8) is 0 Å². The molecule has 26 heavy (non-hydrogen) atoms. The molecule has 0 saturated heterocycles. The van der Waals surface area contributed by atoms with Crippen molar-refractivity contribution in [2.75, 3.05) is 5.32 Å². The third kappa shape index (κ3) is 3.34. The van der Waals surface area contributed by atoms with E-state index < -0.39 is 0 Å². The standard InChI is InChI=1S/C21H21ClN2O.ClH/c1-21(2)11-17-19(18(25)12-21)20(13-7-3-4-8-14(13)22)24-16-10-6-5-9-15(16)23-17;/h3-10,20,24-25H,11-12H2,1-2H3;1H. The molecule has 0 bridgehead atoms. The molecule has 1 unspecified atom stereocenters. The normalized spacial score (nSPS) is 20.7. The second-order valence-electron chi connectivity index (χ2n) is 7.63. The van der Waals surface area contributed by atoms with Gasteiger partial charge in [0.1, 0.15) is 11.4 Å². The van der Waals surface area contributed by atoms with Crippen molar-refractivity contribution >= 4 is 28.7 Å². The fraction of sp³-hybridized carbons (Fsp3) is 0.286. The summed E-state index contributed by atoms with van der Waals surface area (Å²) in [7, 11) is 0. The third-order valence-corrected chi connectivity index (χ3v) is 5.30. The Kier molecular flexibility index (Phi) is 5.05. The second kappa shape index (κ2) is 6.98. The number of para-hydroxylation sites is 2. The first-order valence-corrected chi connectivity index (χ1v) is 8.98. The topological polar surface area (TPSA) is 46.2 Å². The number of anilines is 1. The number of halogens is 2. The van der Waals surface area contributed by atoms with Gasteiger partial charge in [0.2, 0.25) is 5.69 Å². The summed E-state index contributed by atoms with van der Waals surface area (Å²) in [4.78, 5) is 3.56.